The molecule has 104 valence electrons. The molecule has 1 fully saturated rings. The molecule has 6 heteroatoms. The van der Waals surface area contributed by atoms with E-state index in [9.17, 15) is 4.79 Å². The summed E-state index contributed by atoms with van der Waals surface area (Å²) in [5, 5.41) is 7.23. The minimum absolute atomic E-state index is 0.0155. The van der Waals surface area contributed by atoms with E-state index >= 15 is 0 Å². The van der Waals surface area contributed by atoms with Crippen LogP contribution in [-0.4, -0.2) is 32.9 Å². The standard InChI is InChI=1S/C13H20N4O2/c1-8-6-9(2)19-11(8)13(18)16-10-4-3-5-17-12(10)14-7-15-17/h7-11H,3-6H2,1-2H3,(H,16,18). The molecule has 0 aromatic carbocycles. The van der Waals surface area contributed by atoms with Crippen molar-refractivity contribution in [3.05, 3.63) is 12.2 Å². The summed E-state index contributed by atoms with van der Waals surface area (Å²) in [4.78, 5) is 16.6. The number of carbonyl (C=O) groups is 1. The summed E-state index contributed by atoms with van der Waals surface area (Å²) in [5.74, 6) is 1.12. The van der Waals surface area contributed by atoms with Gasteiger partial charge in [-0.25, -0.2) is 9.67 Å². The van der Waals surface area contributed by atoms with Gasteiger partial charge in [0.25, 0.3) is 0 Å². The predicted octanol–water partition coefficient (Wildman–Crippen LogP) is 1.04. The van der Waals surface area contributed by atoms with Crippen LogP contribution < -0.4 is 5.32 Å². The molecule has 3 rings (SSSR count). The summed E-state index contributed by atoms with van der Waals surface area (Å²) >= 11 is 0. The van der Waals surface area contributed by atoms with Gasteiger partial charge < -0.3 is 10.1 Å². The highest BCUT2D eigenvalue weighted by molar-refractivity contribution is 5.81. The topological polar surface area (TPSA) is 69.0 Å². The largest absolute Gasteiger partial charge is 0.365 e. The van der Waals surface area contributed by atoms with Crippen molar-refractivity contribution in [3.8, 4) is 0 Å². The van der Waals surface area contributed by atoms with Gasteiger partial charge >= 0.3 is 0 Å². The molecule has 3 heterocycles. The lowest BCUT2D eigenvalue weighted by molar-refractivity contribution is -0.134. The molecule has 1 aromatic heterocycles. The Morgan fingerprint density at radius 2 is 2.37 bits per heavy atom. The van der Waals surface area contributed by atoms with Gasteiger partial charge in [0.05, 0.1) is 12.1 Å². The van der Waals surface area contributed by atoms with Crippen molar-refractivity contribution >= 4 is 5.91 Å². The molecule has 4 unspecified atom stereocenters. The zero-order chi connectivity index (χ0) is 13.4. The van der Waals surface area contributed by atoms with Gasteiger partial charge in [-0.2, -0.15) is 5.10 Å². The van der Waals surface area contributed by atoms with Crippen molar-refractivity contribution in [2.45, 2.75) is 57.9 Å². The van der Waals surface area contributed by atoms with Crippen molar-refractivity contribution in [3.63, 3.8) is 0 Å². The van der Waals surface area contributed by atoms with Crippen LogP contribution in [0.5, 0.6) is 0 Å². The van der Waals surface area contributed by atoms with Crippen LogP contribution in [0, 0.1) is 5.92 Å². The number of fused-ring (bicyclic) bond motifs is 1. The molecule has 0 saturated carbocycles. The van der Waals surface area contributed by atoms with Crippen LogP contribution in [0.15, 0.2) is 6.33 Å². The Labute approximate surface area is 112 Å². The van der Waals surface area contributed by atoms with Crippen LogP contribution in [0.4, 0.5) is 0 Å². The highest BCUT2D eigenvalue weighted by atomic mass is 16.5. The minimum Gasteiger partial charge on any atom is -0.365 e. The number of aryl methyl sites for hydroxylation is 1. The van der Waals surface area contributed by atoms with E-state index < -0.39 is 0 Å². The van der Waals surface area contributed by atoms with Crippen molar-refractivity contribution in [1.82, 2.24) is 20.1 Å². The van der Waals surface area contributed by atoms with Crippen molar-refractivity contribution in [2.75, 3.05) is 0 Å². The maximum atomic E-state index is 12.3. The van der Waals surface area contributed by atoms with Gasteiger partial charge in [-0.1, -0.05) is 6.92 Å². The van der Waals surface area contributed by atoms with Crippen LogP contribution in [0.3, 0.4) is 0 Å². The Balaban J connectivity index is 1.68. The maximum Gasteiger partial charge on any atom is 0.250 e. The summed E-state index contributed by atoms with van der Waals surface area (Å²) in [5.41, 5.74) is 0. The lowest BCUT2D eigenvalue weighted by Crippen LogP contribution is -2.41. The van der Waals surface area contributed by atoms with Crippen LogP contribution >= 0.6 is 0 Å². The SMILES string of the molecule is CC1CC(C)C(C(=O)NC2CCCn3ncnc32)O1. The zero-order valence-corrected chi connectivity index (χ0v) is 11.4. The number of amides is 1. The normalized spacial score (nSPS) is 34.0. The predicted molar refractivity (Wildman–Crippen MR) is 68.3 cm³/mol. The van der Waals surface area contributed by atoms with E-state index in [-0.39, 0.29) is 30.1 Å². The summed E-state index contributed by atoms with van der Waals surface area (Å²) in [6.07, 6.45) is 4.27. The zero-order valence-electron chi connectivity index (χ0n) is 11.4. The van der Waals surface area contributed by atoms with Gasteiger partial charge in [-0.3, -0.25) is 4.79 Å². The average Bonchev–Trinajstić information content (AvgIpc) is 2.96. The molecular formula is C13H20N4O2. The minimum atomic E-state index is -0.326. The second-order valence-electron chi connectivity index (χ2n) is 5.63. The highest BCUT2D eigenvalue weighted by Gasteiger charge is 2.36. The Morgan fingerprint density at radius 3 is 3.11 bits per heavy atom. The second kappa shape index (κ2) is 4.92. The molecule has 1 amide bonds. The molecule has 0 aliphatic carbocycles. The molecule has 0 radical (unpaired) electrons. The molecule has 0 spiro atoms. The average molecular weight is 264 g/mol. The fraction of sp³-hybridized carbons (Fsp3) is 0.769. The van der Waals surface area contributed by atoms with Gasteiger partial charge in [-0.05, 0) is 32.1 Å². The number of carbonyl (C=O) groups excluding carboxylic acids is 1. The number of aromatic nitrogens is 3. The first kappa shape index (κ1) is 12.6. The molecule has 2 aliphatic heterocycles. The fourth-order valence-electron chi connectivity index (χ4n) is 3.09. The van der Waals surface area contributed by atoms with Gasteiger partial charge in [0.1, 0.15) is 18.3 Å². The molecule has 2 aliphatic rings. The summed E-state index contributed by atoms with van der Waals surface area (Å²) in [6.45, 7) is 4.97. The molecule has 1 aromatic rings. The first-order chi connectivity index (χ1) is 9.15. The Kier molecular flexibility index (Phi) is 3.26. The number of nitrogens with one attached hydrogen (secondary N) is 1. The lowest BCUT2D eigenvalue weighted by atomic mass is 10.0. The van der Waals surface area contributed by atoms with Gasteiger partial charge in [0.2, 0.25) is 5.91 Å². The molecule has 4 atom stereocenters. The van der Waals surface area contributed by atoms with E-state index in [1.807, 2.05) is 11.6 Å². The lowest BCUT2D eigenvalue weighted by Gasteiger charge is -2.25. The fourth-order valence-corrected chi connectivity index (χ4v) is 3.09. The first-order valence-electron chi connectivity index (χ1n) is 6.98. The van der Waals surface area contributed by atoms with E-state index in [2.05, 4.69) is 22.3 Å². The third-order valence-corrected chi connectivity index (χ3v) is 3.99. The first-order valence-corrected chi connectivity index (χ1v) is 6.98. The van der Waals surface area contributed by atoms with E-state index in [0.717, 1.165) is 31.6 Å². The number of ether oxygens (including phenoxy) is 1. The molecule has 1 N–H and O–H groups in total. The molecular weight excluding hydrogens is 244 g/mol. The number of hydrogen-bond donors (Lipinski definition) is 1. The summed E-state index contributed by atoms with van der Waals surface area (Å²) in [7, 11) is 0. The van der Waals surface area contributed by atoms with Crippen molar-refractivity contribution < 1.29 is 9.53 Å². The number of hydrogen-bond acceptors (Lipinski definition) is 4. The van der Waals surface area contributed by atoms with E-state index in [0.29, 0.717) is 0 Å². The second-order valence-corrected chi connectivity index (χ2v) is 5.63. The van der Waals surface area contributed by atoms with Gasteiger partial charge in [0, 0.05) is 6.54 Å². The van der Waals surface area contributed by atoms with E-state index in [4.69, 9.17) is 4.74 Å². The Morgan fingerprint density at radius 1 is 1.53 bits per heavy atom. The quantitative estimate of drug-likeness (QED) is 0.866. The number of rotatable bonds is 2. The summed E-state index contributed by atoms with van der Waals surface area (Å²) < 4.78 is 7.56. The molecule has 1 saturated heterocycles. The monoisotopic (exact) mass is 264 g/mol. The van der Waals surface area contributed by atoms with Crippen LogP contribution in [0.25, 0.3) is 0 Å². The summed E-state index contributed by atoms with van der Waals surface area (Å²) in [6, 6.07) is -0.0320. The van der Waals surface area contributed by atoms with Crippen molar-refractivity contribution in [2.24, 2.45) is 5.92 Å². The van der Waals surface area contributed by atoms with Gasteiger partial charge in [-0.15, -0.1) is 0 Å². The third-order valence-electron chi connectivity index (χ3n) is 3.99. The molecule has 19 heavy (non-hydrogen) atoms. The smallest absolute Gasteiger partial charge is 0.250 e. The van der Waals surface area contributed by atoms with Gasteiger partial charge in [0.15, 0.2) is 0 Å². The number of nitrogens with zero attached hydrogens (tertiary/aromatic N) is 3. The van der Waals surface area contributed by atoms with Crippen molar-refractivity contribution in [1.29, 1.82) is 0 Å². The van der Waals surface area contributed by atoms with Crippen LogP contribution in [-0.2, 0) is 16.1 Å². The Bertz CT molecular complexity index is 473. The Hall–Kier alpha value is -1.43. The maximum absolute atomic E-state index is 12.3. The molecule has 6 nitrogen and oxygen atoms in total. The van der Waals surface area contributed by atoms with E-state index in [1.54, 1.807) is 6.33 Å². The third kappa shape index (κ3) is 2.36. The van der Waals surface area contributed by atoms with Crippen LogP contribution in [0.2, 0.25) is 0 Å². The highest BCUT2D eigenvalue weighted by Crippen LogP contribution is 2.28. The van der Waals surface area contributed by atoms with Crippen LogP contribution in [0.1, 0.15) is 45.0 Å². The molecule has 0 bridgehead atoms. The van der Waals surface area contributed by atoms with E-state index in [1.165, 1.54) is 0 Å².